The number of piperidine rings is 1. The number of hydrogen-bond acceptors (Lipinski definition) is 6. The van der Waals surface area contributed by atoms with Gasteiger partial charge in [0.1, 0.15) is 17.8 Å². The zero-order valence-electron chi connectivity index (χ0n) is 14.3. The zero-order valence-corrected chi connectivity index (χ0v) is 14.3. The fraction of sp³-hybridized carbons (Fsp3) is 0.444. The molecule has 1 aromatic heterocycles. The van der Waals surface area contributed by atoms with Crippen molar-refractivity contribution in [1.29, 1.82) is 0 Å². The van der Waals surface area contributed by atoms with Gasteiger partial charge >= 0.3 is 0 Å². The Hall–Kier alpha value is -2.50. The van der Waals surface area contributed by atoms with Crippen LogP contribution in [0.15, 0.2) is 30.6 Å². The Bertz CT molecular complexity index is 674. The van der Waals surface area contributed by atoms with Gasteiger partial charge in [0.25, 0.3) is 0 Å². The molecule has 3 rings (SSSR count). The third-order valence-electron chi connectivity index (χ3n) is 4.56. The van der Waals surface area contributed by atoms with Crippen molar-refractivity contribution < 1.29 is 4.74 Å². The van der Waals surface area contributed by atoms with Crippen LogP contribution in [0.1, 0.15) is 31.7 Å². The molecule has 128 valence electrons. The molecule has 0 spiro atoms. The highest BCUT2D eigenvalue weighted by molar-refractivity contribution is 5.75. The zero-order chi connectivity index (χ0) is 16.9. The van der Waals surface area contributed by atoms with Gasteiger partial charge in [-0.1, -0.05) is 12.1 Å². The molecule has 1 aromatic carbocycles. The van der Waals surface area contributed by atoms with Crippen molar-refractivity contribution in [3.8, 4) is 5.75 Å². The monoisotopic (exact) mass is 327 g/mol. The number of anilines is 3. The first-order valence-electron chi connectivity index (χ1n) is 8.43. The lowest BCUT2D eigenvalue weighted by atomic mass is 10.0. The summed E-state index contributed by atoms with van der Waals surface area (Å²) in [7, 11) is 1.66. The van der Waals surface area contributed by atoms with Crippen LogP contribution in [0.25, 0.3) is 0 Å². The lowest BCUT2D eigenvalue weighted by Gasteiger charge is -2.35. The van der Waals surface area contributed by atoms with Crippen LogP contribution >= 0.6 is 0 Å². The molecule has 6 nitrogen and oxygen atoms in total. The van der Waals surface area contributed by atoms with E-state index in [1.807, 2.05) is 24.3 Å². The SMILES string of the molecule is COc1ccc(CNc2ncnc(N3CCCCC3C)c2N)cc1. The molecule has 0 amide bonds. The lowest BCUT2D eigenvalue weighted by Crippen LogP contribution is -2.38. The molecule has 24 heavy (non-hydrogen) atoms. The number of nitrogens with zero attached hydrogens (tertiary/aromatic N) is 3. The molecule has 0 saturated carbocycles. The standard InChI is InChI=1S/C18H25N5O/c1-13-5-3-4-10-23(13)18-16(19)17(21-12-22-18)20-11-14-6-8-15(24-2)9-7-14/h6-9,12-13H,3-5,10-11,19H2,1-2H3,(H,20,21,22). The molecule has 1 aliphatic rings. The first-order chi connectivity index (χ1) is 11.7. The Kier molecular flexibility index (Phi) is 5.03. The van der Waals surface area contributed by atoms with E-state index < -0.39 is 0 Å². The number of aromatic nitrogens is 2. The van der Waals surface area contributed by atoms with Gasteiger partial charge < -0.3 is 20.7 Å². The van der Waals surface area contributed by atoms with Crippen molar-refractivity contribution in [2.45, 2.75) is 38.8 Å². The second-order valence-corrected chi connectivity index (χ2v) is 6.20. The topological polar surface area (TPSA) is 76.3 Å². The first kappa shape index (κ1) is 16.4. The maximum atomic E-state index is 6.34. The van der Waals surface area contributed by atoms with Gasteiger partial charge in [0.05, 0.1) is 7.11 Å². The highest BCUT2D eigenvalue weighted by Crippen LogP contribution is 2.31. The number of nitrogens with two attached hydrogens (primary N) is 1. The molecule has 3 N–H and O–H groups in total. The molecule has 0 radical (unpaired) electrons. The Morgan fingerprint density at radius 2 is 2.04 bits per heavy atom. The second-order valence-electron chi connectivity index (χ2n) is 6.20. The van der Waals surface area contributed by atoms with Crippen LogP contribution in [0.4, 0.5) is 17.3 Å². The fourth-order valence-corrected chi connectivity index (χ4v) is 3.10. The Labute approximate surface area is 143 Å². The van der Waals surface area contributed by atoms with Crippen molar-refractivity contribution in [3.63, 3.8) is 0 Å². The number of nitrogens with one attached hydrogen (secondary N) is 1. The van der Waals surface area contributed by atoms with Crippen molar-refractivity contribution in [3.05, 3.63) is 36.2 Å². The summed E-state index contributed by atoms with van der Waals surface area (Å²) in [6.07, 6.45) is 5.22. The minimum atomic E-state index is 0.463. The molecule has 1 saturated heterocycles. The van der Waals surface area contributed by atoms with Crippen molar-refractivity contribution in [1.82, 2.24) is 9.97 Å². The summed E-state index contributed by atoms with van der Waals surface area (Å²) in [5.74, 6) is 2.38. The van der Waals surface area contributed by atoms with Gasteiger partial charge in [-0.25, -0.2) is 9.97 Å². The van der Waals surface area contributed by atoms with Gasteiger partial charge in [0.2, 0.25) is 0 Å². The Morgan fingerprint density at radius 1 is 1.25 bits per heavy atom. The summed E-state index contributed by atoms with van der Waals surface area (Å²) in [5.41, 5.74) is 8.10. The second kappa shape index (κ2) is 7.38. The third kappa shape index (κ3) is 3.53. The molecule has 1 atom stereocenters. The minimum absolute atomic E-state index is 0.463. The summed E-state index contributed by atoms with van der Waals surface area (Å²) >= 11 is 0. The van der Waals surface area contributed by atoms with Gasteiger partial charge in [-0.15, -0.1) is 0 Å². The Balaban J connectivity index is 1.72. The summed E-state index contributed by atoms with van der Waals surface area (Å²) in [6, 6.07) is 8.40. The van der Waals surface area contributed by atoms with E-state index in [0.717, 1.165) is 23.7 Å². The van der Waals surface area contributed by atoms with Crippen LogP contribution in [0.5, 0.6) is 5.75 Å². The number of nitrogen functional groups attached to an aromatic ring is 1. The maximum Gasteiger partial charge on any atom is 0.157 e. The number of hydrogen-bond donors (Lipinski definition) is 2. The molecule has 0 bridgehead atoms. The fourth-order valence-electron chi connectivity index (χ4n) is 3.10. The first-order valence-corrected chi connectivity index (χ1v) is 8.43. The average molecular weight is 327 g/mol. The number of ether oxygens (including phenoxy) is 1. The number of rotatable bonds is 5. The maximum absolute atomic E-state index is 6.34. The van der Waals surface area contributed by atoms with Crippen LogP contribution in [0.3, 0.4) is 0 Å². The lowest BCUT2D eigenvalue weighted by molar-refractivity contribution is 0.414. The highest BCUT2D eigenvalue weighted by Gasteiger charge is 2.22. The van der Waals surface area contributed by atoms with Gasteiger partial charge in [-0.3, -0.25) is 0 Å². The molecular formula is C18H25N5O. The largest absolute Gasteiger partial charge is 0.497 e. The smallest absolute Gasteiger partial charge is 0.157 e. The predicted molar refractivity (Wildman–Crippen MR) is 97.4 cm³/mol. The van der Waals surface area contributed by atoms with Gasteiger partial charge in [-0.05, 0) is 43.9 Å². The summed E-state index contributed by atoms with van der Waals surface area (Å²) in [6.45, 7) is 3.88. The van der Waals surface area contributed by atoms with E-state index in [1.165, 1.54) is 19.3 Å². The van der Waals surface area contributed by atoms with Crippen LogP contribution in [0, 0.1) is 0 Å². The summed E-state index contributed by atoms with van der Waals surface area (Å²) in [4.78, 5) is 11.0. The predicted octanol–water partition coefficient (Wildman–Crippen LogP) is 3.06. The van der Waals surface area contributed by atoms with Crippen molar-refractivity contribution in [2.75, 3.05) is 29.6 Å². The molecule has 1 aliphatic heterocycles. The van der Waals surface area contributed by atoms with Gasteiger partial charge in [-0.2, -0.15) is 0 Å². The van der Waals surface area contributed by atoms with E-state index in [0.29, 0.717) is 24.1 Å². The molecule has 6 heteroatoms. The van der Waals surface area contributed by atoms with E-state index in [-0.39, 0.29) is 0 Å². The van der Waals surface area contributed by atoms with Crippen LogP contribution < -0.4 is 20.7 Å². The van der Waals surface area contributed by atoms with Crippen LogP contribution in [-0.4, -0.2) is 29.7 Å². The minimum Gasteiger partial charge on any atom is -0.497 e. The van der Waals surface area contributed by atoms with Crippen molar-refractivity contribution in [2.24, 2.45) is 0 Å². The van der Waals surface area contributed by atoms with Crippen LogP contribution in [0.2, 0.25) is 0 Å². The van der Waals surface area contributed by atoms with Crippen LogP contribution in [-0.2, 0) is 6.54 Å². The van der Waals surface area contributed by atoms with Crippen molar-refractivity contribution >= 4 is 17.3 Å². The molecule has 0 aliphatic carbocycles. The van der Waals surface area contributed by atoms with E-state index in [2.05, 4.69) is 27.1 Å². The highest BCUT2D eigenvalue weighted by atomic mass is 16.5. The van der Waals surface area contributed by atoms with E-state index >= 15 is 0 Å². The third-order valence-corrected chi connectivity index (χ3v) is 4.56. The number of benzene rings is 1. The van der Waals surface area contributed by atoms with E-state index in [4.69, 9.17) is 10.5 Å². The van der Waals surface area contributed by atoms with E-state index in [9.17, 15) is 0 Å². The molecular weight excluding hydrogens is 302 g/mol. The summed E-state index contributed by atoms with van der Waals surface area (Å²) < 4.78 is 5.18. The summed E-state index contributed by atoms with van der Waals surface area (Å²) in [5, 5.41) is 3.32. The van der Waals surface area contributed by atoms with Gasteiger partial charge in [0.15, 0.2) is 11.6 Å². The van der Waals surface area contributed by atoms with Gasteiger partial charge in [0, 0.05) is 19.1 Å². The average Bonchev–Trinajstić information content (AvgIpc) is 2.62. The number of methoxy groups -OCH3 is 1. The van der Waals surface area contributed by atoms with E-state index in [1.54, 1.807) is 13.4 Å². The molecule has 1 unspecified atom stereocenters. The quantitative estimate of drug-likeness (QED) is 0.879. The molecule has 2 heterocycles. The normalized spacial score (nSPS) is 17.6. The molecule has 1 fully saturated rings. The molecule has 2 aromatic rings. The Morgan fingerprint density at radius 3 is 2.75 bits per heavy atom.